The number of nitrogens with zero attached hydrogens (tertiary/aromatic N) is 4. The fourth-order valence-electron chi connectivity index (χ4n) is 3.09. The molecule has 1 aromatic carbocycles. The van der Waals surface area contributed by atoms with Crippen LogP contribution < -0.4 is 0 Å². The molecule has 0 bridgehead atoms. The van der Waals surface area contributed by atoms with Gasteiger partial charge in [-0.3, -0.25) is 0 Å². The topological polar surface area (TPSA) is 97.6 Å². The van der Waals surface area contributed by atoms with Gasteiger partial charge in [0.15, 0.2) is 0 Å². The molecule has 0 N–H and O–H groups in total. The molecule has 2 fully saturated rings. The molecule has 26 heavy (non-hydrogen) atoms. The van der Waals surface area contributed by atoms with Crippen molar-refractivity contribution in [1.29, 1.82) is 0 Å². The Hall–Kier alpha value is -2.01. The van der Waals surface area contributed by atoms with Gasteiger partial charge < -0.3 is 18.9 Å². The molecule has 2 aromatic rings. The van der Waals surface area contributed by atoms with Crippen molar-refractivity contribution < 1.29 is 23.7 Å². The van der Waals surface area contributed by atoms with Gasteiger partial charge in [0.05, 0.1) is 20.3 Å². The first kappa shape index (κ1) is 17.4. The summed E-state index contributed by atoms with van der Waals surface area (Å²) in [5.41, 5.74) is 0. The van der Waals surface area contributed by atoms with Gasteiger partial charge in [-0.05, 0) is 34.3 Å². The highest BCUT2D eigenvalue weighted by Crippen LogP contribution is 2.37. The molecule has 4 rings (SSSR count). The molecule has 2 aliphatic rings. The molecule has 138 valence electrons. The van der Waals surface area contributed by atoms with Crippen LogP contribution in [0.1, 0.15) is 6.04 Å². The maximum Gasteiger partial charge on any atom is 0.331 e. The zero-order valence-corrected chi connectivity index (χ0v) is 14.9. The molecular weight excluding hydrogens is 360 g/mol. The molecule has 4 unspecified atom stereocenters. The lowest BCUT2D eigenvalue weighted by Gasteiger charge is -2.17. The number of carbonyl (C=O) groups is 1. The Morgan fingerprint density at radius 3 is 2.88 bits per heavy atom. The fraction of sp³-hybridized carbons (Fsp3) is 0.500. The summed E-state index contributed by atoms with van der Waals surface area (Å²) in [4.78, 5) is 12.3. The van der Waals surface area contributed by atoms with Crippen molar-refractivity contribution in [3.05, 3.63) is 30.3 Å². The van der Waals surface area contributed by atoms with E-state index in [1.807, 2.05) is 30.3 Å². The minimum absolute atomic E-state index is 0.123. The van der Waals surface area contributed by atoms with Gasteiger partial charge in [-0.2, -0.15) is 0 Å². The molecule has 0 saturated carbocycles. The summed E-state index contributed by atoms with van der Waals surface area (Å²) in [7, 11) is 1.32. The first-order valence-corrected chi connectivity index (χ1v) is 9.00. The van der Waals surface area contributed by atoms with Crippen LogP contribution in [0.25, 0.3) is 0 Å². The number of aromatic nitrogens is 4. The lowest BCUT2D eigenvalue weighted by atomic mass is 10.1. The number of hydrogen-bond acceptors (Lipinski definition) is 9. The average Bonchev–Trinajstić information content (AvgIpc) is 3.37. The van der Waals surface area contributed by atoms with Crippen LogP contribution in [0.15, 0.2) is 40.4 Å². The van der Waals surface area contributed by atoms with Crippen molar-refractivity contribution >= 4 is 17.7 Å². The van der Waals surface area contributed by atoms with Crippen molar-refractivity contribution in [3.8, 4) is 0 Å². The van der Waals surface area contributed by atoms with Gasteiger partial charge in [0.2, 0.25) is 5.16 Å². The van der Waals surface area contributed by atoms with Crippen LogP contribution in [0.5, 0.6) is 0 Å². The summed E-state index contributed by atoms with van der Waals surface area (Å²) in [6, 6.07) is 9.75. The largest absolute Gasteiger partial charge is 0.467 e. The van der Waals surface area contributed by atoms with E-state index < -0.39 is 5.97 Å². The van der Waals surface area contributed by atoms with Crippen molar-refractivity contribution in [2.45, 2.75) is 34.4 Å². The van der Waals surface area contributed by atoms with Gasteiger partial charge in [0, 0.05) is 4.90 Å². The Bertz CT molecular complexity index is 758. The lowest BCUT2D eigenvalue weighted by molar-refractivity contribution is -0.150. The molecule has 1 aromatic heterocycles. The highest BCUT2D eigenvalue weighted by molar-refractivity contribution is 7.99. The van der Waals surface area contributed by atoms with Gasteiger partial charge in [0.25, 0.3) is 0 Å². The number of ether oxygens (including phenoxy) is 4. The minimum atomic E-state index is -0.426. The number of tetrazole rings is 1. The van der Waals surface area contributed by atoms with Crippen LogP contribution in [0.4, 0.5) is 0 Å². The van der Waals surface area contributed by atoms with E-state index in [0.717, 1.165) is 4.90 Å². The van der Waals surface area contributed by atoms with E-state index in [1.54, 1.807) is 4.68 Å². The summed E-state index contributed by atoms with van der Waals surface area (Å²) in [6.07, 6.45) is -0.800. The van der Waals surface area contributed by atoms with Crippen LogP contribution >= 0.6 is 11.8 Å². The zero-order chi connectivity index (χ0) is 17.9. The van der Waals surface area contributed by atoms with Crippen molar-refractivity contribution in [2.75, 3.05) is 26.9 Å². The van der Waals surface area contributed by atoms with Gasteiger partial charge >= 0.3 is 5.97 Å². The second kappa shape index (κ2) is 7.70. The first-order chi connectivity index (χ1) is 12.8. The van der Waals surface area contributed by atoms with Crippen molar-refractivity contribution in [2.24, 2.45) is 0 Å². The third-order valence-corrected chi connectivity index (χ3v) is 5.31. The van der Waals surface area contributed by atoms with Gasteiger partial charge in [-0.25, -0.2) is 9.48 Å². The molecule has 3 heterocycles. The van der Waals surface area contributed by atoms with E-state index >= 15 is 0 Å². The fourth-order valence-corrected chi connectivity index (χ4v) is 3.93. The molecule has 10 heteroatoms. The molecule has 2 saturated heterocycles. The number of hydrogen-bond donors (Lipinski definition) is 0. The molecule has 0 spiro atoms. The summed E-state index contributed by atoms with van der Waals surface area (Å²) in [5, 5.41) is 12.7. The third kappa shape index (κ3) is 3.45. The second-order valence-electron chi connectivity index (χ2n) is 5.91. The molecule has 0 amide bonds. The summed E-state index contributed by atoms with van der Waals surface area (Å²) >= 11 is 1.48. The van der Waals surface area contributed by atoms with Crippen LogP contribution in [-0.2, 0) is 23.7 Å². The third-order valence-electron chi connectivity index (χ3n) is 4.35. The summed E-state index contributed by atoms with van der Waals surface area (Å²) in [5.74, 6) is -0.426. The predicted molar refractivity (Wildman–Crippen MR) is 88.7 cm³/mol. The Morgan fingerprint density at radius 2 is 2.08 bits per heavy atom. The van der Waals surface area contributed by atoms with Crippen LogP contribution in [-0.4, -0.2) is 71.4 Å². The number of benzene rings is 1. The molecule has 0 radical (unpaired) electrons. The minimum Gasteiger partial charge on any atom is -0.467 e. The number of rotatable bonds is 6. The molecule has 4 atom stereocenters. The SMILES string of the molecule is COC(=O)COC1COC2C1OCC2n1nnnc1Sc1ccccc1. The quantitative estimate of drug-likeness (QED) is 0.674. The molecule has 2 aliphatic heterocycles. The first-order valence-electron chi connectivity index (χ1n) is 8.18. The standard InChI is InChI=1S/C16H18N4O5S/c1-22-13(21)9-23-12-8-25-14-11(7-24-15(12)14)20-16(17-18-19-20)26-10-5-3-2-4-6-10/h2-6,11-12,14-15H,7-9H2,1H3. The van der Waals surface area contributed by atoms with Crippen molar-refractivity contribution in [3.63, 3.8) is 0 Å². The van der Waals surface area contributed by atoms with Gasteiger partial charge in [-0.1, -0.05) is 18.2 Å². The van der Waals surface area contributed by atoms with Gasteiger partial charge in [-0.15, -0.1) is 5.10 Å². The van der Waals surface area contributed by atoms with E-state index in [2.05, 4.69) is 20.3 Å². The van der Waals surface area contributed by atoms with Crippen LogP contribution in [0.2, 0.25) is 0 Å². The second-order valence-corrected chi connectivity index (χ2v) is 6.95. The van der Waals surface area contributed by atoms with E-state index in [0.29, 0.717) is 18.4 Å². The number of fused-ring (bicyclic) bond motifs is 1. The monoisotopic (exact) mass is 378 g/mol. The van der Waals surface area contributed by atoms with Crippen LogP contribution in [0, 0.1) is 0 Å². The molecular formula is C16H18N4O5S. The van der Waals surface area contributed by atoms with E-state index in [9.17, 15) is 4.79 Å². The van der Waals surface area contributed by atoms with E-state index in [1.165, 1.54) is 18.9 Å². The van der Waals surface area contributed by atoms with E-state index in [4.69, 9.17) is 14.2 Å². The number of esters is 1. The van der Waals surface area contributed by atoms with Gasteiger partial charge in [0.1, 0.15) is 31.0 Å². The predicted octanol–water partition coefficient (Wildman–Crippen LogP) is 0.721. The Balaban J connectivity index is 1.44. The maximum absolute atomic E-state index is 11.3. The summed E-state index contributed by atoms with van der Waals surface area (Å²) < 4.78 is 23.6. The molecule has 0 aliphatic carbocycles. The molecule has 9 nitrogen and oxygen atoms in total. The highest BCUT2D eigenvalue weighted by Gasteiger charge is 2.50. The van der Waals surface area contributed by atoms with E-state index in [-0.39, 0.29) is 31.0 Å². The Kier molecular flexibility index (Phi) is 5.16. The number of carbonyl (C=O) groups excluding carboxylic acids is 1. The Labute approximate surface area is 153 Å². The summed E-state index contributed by atoms with van der Waals surface area (Å²) in [6.45, 7) is 0.648. The van der Waals surface area contributed by atoms with Crippen molar-refractivity contribution in [1.82, 2.24) is 20.2 Å². The lowest BCUT2D eigenvalue weighted by Crippen LogP contribution is -2.33. The zero-order valence-electron chi connectivity index (χ0n) is 14.1. The van der Waals surface area contributed by atoms with Crippen LogP contribution in [0.3, 0.4) is 0 Å². The normalized spacial score (nSPS) is 27.4. The highest BCUT2D eigenvalue weighted by atomic mass is 32.2. The Morgan fingerprint density at radius 1 is 1.27 bits per heavy atom. The number of methoxy groups -OCH3 is 1. The maximum atomic E-state index is 11.3. The average molecular weight is 378 g/mol. The smallest absolute Gasteiger partial charge is 0.331 e.